The van der Waals surface area contributed by atoms with E-state index in [1.165, 1.54) is 49.7 Å². The highest BCUT2D eigenvalue weighted by Crippen LogP contribution is 2.27. The molecule has 3 nitrogen and oxygen atoms in total. The van der Waals surface area contributed by atoms with Gasteiger partial charge in [0.25, 0.3) is 0 Å². The Morgan fingerprint density at radius 2 is 1.03 bits per heavy atom. The molecule has 176 valence electrons. The van der Waals surface area contributed by atoms with Crippen molar-refractivity contribution >= 4 is 6.16 Å². The van der Waals surface area contributed by atoms with Crippen molar-refractivity contribution in [1.29, 1.82) is 0 Å². The first kappa shape index (κ1) is 26.0. The van der Waals surface area contributed by atoms with Crippen LogP contribution in [0.1, 0.15) is 101 Å². The fourth-order valence-electron chi connectivity index (χ4n) is 4.30. The number of carbonyl (C=O) groups is 1. The summed E-state index contributed by atoms with van der Waals surface area (Å²) in [6, 6.07) is 21.1. The predicted octanol–water partition coefficient (Wildman–Crippen LogP) is 8.65. The van der Waals surface area contributed by atoms with E-state index in [1.54, 1.807) is 0 Å². The number of ether oxygens (including phenoxy) is 2. The molecule has 0 bridgehead atoms. The summed E-state index contributed by atoms with van der Waals surface area (Å²) in [5.41, 5.74) is 2.66. The first-order chi connectivity index (χ1) is 15.7. The summed E-state index contributed by atoms with van der Waals surface area (Å²) >= 11 is 0. The largest absolute Gasteiger partial charge is 0.508 e. The molecular formula is C29H42O3. The van der Waals surface area contributed by atoms with Gasteiger partial charge in [-0.2, -0.15) is 0 Å². The van der Waals surface area contributed by atoms with Gasteiger partial charge in [-0.05, 0) is 48.6 Å². The van der Waals surface area contributed by atoms with Gasteiger partial charge < -0.3 is 9.47 Å². The van der Waals surface area contributed by atoms with E-state index in [0.29, 0.717) is 25.0 Å². The van der Waals surface area contributed by atoms with Gasteiger partial charge in [0, 0.05) is 0 Å². The highest BCUT2D eigenvalue weighted by Gasteiger charge is 2.15. The summed E-state index contributed by atoms with van der Waals surface area (Å²) in [5, 5.41) is 0. The number of benzene rings is 2. The lowest BCUT2D eigenvalue weighted by molar-refractivity contribution is 0.0508. The van der Waals surface area contributed by atoms with E-state index in [2.05, 4.69) is 62.4 Å². The lowest BCUT2D eigenvalue weighted by atomic mass is 9.90. The molecule has 0 aliphatic rings. The second-order valence-corrected chi connectivity index (χ2v) is 8.73. The number of carbonyl (C=O) groups excluding carboxylic acids is 1. The molecule has 2 aromatic carbocycles. The molecule has 0 fully saturated rings. The molecule has 2 rings (SSSR count). The molecular weight excluding hydrogens is 396 g/mol. The summed E-state index contributed by atoms with van der Waals surface area (Å²) in [6.45, 7) is 5.26. The second-order valence-electron chi connectivity index (χ2n) is 8.73. The second kappa shape index (κ2) is 16.4. The lowest BCUT2D eigenvalue weighted by Crippen LogP contribution is -2.13. The molecule has 3 heteroatoms. The minimum absolute atomic E-state index is 0.406. The summed E-state index contributed by atoms with van der Waals surface area (Å²) in [6.07, 6.45) is 10.7. The van der Waals surface area contributed by atoms with E-state index in [1.807, 2.05) is 12.1 Å². The third-order valence-corrected chi connectivity index (χ3v) is 6.23. The molecule has 0 aliphatic carbocycles. The van der Waals surface area contributed by atoms with Gasteiger partial charge in [-0.3, -0.25) is 0 Å². The van der Waals surface area contributed by atoms with Crippen LogP contribution in [0.5, 0.6) is 0 Å². The SMILES string of the molecule is CCCCCC(CCOC(=O)OCCC(CCCCC)c1ccccc1)c1ccccc1. The van der Waals surface area contributed by atoms with Gasteiger partial charge in [-0.15, -0.1) is 0 Å². The zero-order valence-corrected chi connectivity index (χ0v) is 20.1. The molecule has 2 atom stereocenters. The molecule has 0 aromatic heterocycles. The topological polar surface area (TPSA) is 35.5 Å². The molecule has 0 N–H and O–H groups in total. The molecule has 2 aromatic rings. The quantitative estimate of drug-likeness (QED) is 0.194. The third kappa shape index (κ3) is 10.3. The Hall–Kier alpha value is -2.29. The fourth-order valence-corrected chi connectivity index (χ4v) is 4.30. The highest BCUT2D eigenvalue weighted by molar-refractivity contribution is 5.59. The Balaban J connectivity index is 1.74. The normalized spacial score (nSPS) is 12.8. The van der Waals surface area contributed by atoms with Gasteiger partial charge in [0.2, 0.25) is 0 Å². The first-order valence-electron chi connectivity index (χ1n) is 12.6. The van der Waals surface area contributed by atoms with E-state index in [4.69, 9.17) is 9.47 Å². The van der Waals surface area contributed by atoms with Crippen LogP contribution in [0.25, 0.3) is 0 Å². The zero-order valence-electron chi connectivity index (χ0n) is 20.1. The smallest absolute Gasteiger partial charge is 0.434 e. The zero-order chi connectivity index (χ0) is 22.9. The average molecular weight is 439 g/mol. The van der Waals surface area contributed by atoms with E-state index < -0.39 is 6.16 Å². The first-order valence-corrected chi connectivity index (χ1v) is 12.6. The summed E-state index contributed by atoms with van der Waals surface area (Å²) in [7, 11) is 0. The van der Waals surface area contributed by atoms with Crippen molar-refractivity contribution < 1.29 is 14.3 Å². The molecule has 0 radical (unpaired) electrons. The van der Waals surface area contributed by atoms with Crippen LogP contribution in [0.4, 0.5) is 4.79 Å². The van der Waals surface area contributed by atoms with Crippen molar-refractivity contribution in [3.8, 4) is 0 Å². The fraction of sp³-hybridized carbons (Fsp3) is 0.552. The van der Waals surface area contributed by atoms with Gasteiger partial charge >= 0.3 is 6.16 Å². The Labute approximate surface area is 195 Å². The minimum Gasteiger partial charge on any atom is -0.434 e. The molecule has 0 amide bonds. The number of rotatable bonds is 16. The monoisotopic (exact) mass is 438 g/mol. The van der Waals surface area contributed by atoms with Crippen LogP contribution in [0, 0.1) is 0 Å². The van der Waals surface area contributed by atoms with Crippen molar-refractivity contribution in [1.82, 2.24) is 0 Å². The van der Waals surface area contributed by atoms with Gasteiger partial charge in [0.05, 0.1) is 13.2 Å². The maximum Gasteiger partial charge on any atom is 0.508 e. The summed E-state index contributed by atoms with van der Waals surface area (Å²) in [4.78, 5) is 12.2. The molecule has 32 heavy (non-hydrogen) atoms. The molecule has 0 aliphatic heterocycles. The highest BCUT2D eigenvalue weighted by atomic mass is 16.7. The minimum atomic E-state index is -0.536. The van der Waals surface area contributed by atoms with Crippen LogP contribution in [0.15, 0.2) is 60.7 Å². The molecule has 2 unspecified atom stereocenters. The van der Waals surface area contributed by atoms with Crippen LogP contribution >= 0.6 is 0 Å². The van der Waals surface area contributed by atoms with E-state index >= 15 is 0 Å². The van der Waals surface area contributed by atoms with Gasteiger partial charge in [-0.25, -0.2) is 4.79 Å². The van der Waals surface area contributed by atoms with Crippen molar-refractivity contribution in [2.75, 3.05) is 13.2 Å². The van der Waals surface area contributed by atoms with Gasteiger partial charge in [0.15, 0.2) is 0 Å². The van der Waals surface area contributed by atoms with Crippen LogP contribution in [0.2, 0.25) is 0 Å². The van der Waals surface area contributed by atoms with Gasteiger partial charge in [0.1, 0.15) is 0 Å². The van der Waals surface area contributed by atoms with Crippen LogP contribution < -0.4 is 0 Å². The number of unbranched alkanes of at least 4 members (excludes halogenated alkanes) is 4. The van der Waals surface area contributed by atoms with Crippen LogP contribution in [0.3, 0.4) is 0 Å². The van der Waals surface area contributed by atoms with Crippen LogP contribution in [-0.2, 0) is 9.47 Å². The number of hydrogen-bond donors (Lipinski definition) is 0. The lowest BCUT2D eigenvalue weighted by Gasteiger charge is -2.18. The van der Waals surface area contributed by atoms with E-state index in [-0.39, 0.29) is 0 Å². The van der Waals surface area contributed by atoms with Crippen LogP contribution in [-0.4, -0.2) is 19.4 Å². The van der Waals surface area contributed by atoms with Crippen molar-refractivity contribution in [3.63, 3.8) is 0 Å². The standard InChI is InChI=1S/C29H42O3/c1-3-5-9-15-27(25-17-11-7-12-18-25)21-23-31-29(30)32-24-22-28(16-10-6-4-2)26-19-13-8-14-20-26/h7-8,11-14,17-20,27-28H,3-6,9-10,15-16,21-24H2,1-2H3. The Kier molecular flexibility index (Phi) is 13.3. The Bertz CT molecular complexity index is 652. The predicted molar refractivity (Wildman–Crippen MR) is 133 cm³/mol. The summed E-state index contributed by atoms with van der Waals surface area (Å²) in [5.74, 6) is 0.855. The van der Waals surface area contributed by atoms with E-state index in [9.17, 15) is 4.79 Å². The Morgan fingerprint density at radius 3 is 1.41 bits per heavy atom. The summed E-state index contributed by atoms with van der Waals surface area (Å²) < 4.78 is 10.9. The maximum atomic E-state index is 12.2. The maximum absolute atomic E-state index is 12.2. The van der Waals surface area contributed by atoms with Crippen molar-refractivity contribution in [2.45, 2.75) is 89.9 Å². The molecule has 0 spiro atoms. The van der Waals surface area contributed by atoms with Crippen molar-refractivity contribution in [3.05, 3.63) is 71.8 Å². The van der Waals surface area contributed by atoms with E-state index in [0.717, 1.165) is 25.7 Å². The molecule has 0 saturated carbocycles. The molecule has 0 saturated heterocycles. The number of hydrogen-bond acceptors (Lipinski definition) is 3. The van der Waals surface area contributed by atoms with Crippen molar-refractivity contribution in [2.24, 2.45) is 0 Å². The van der Waals surface area contributed by atoms with Gasteiger partial charge in [-0.1, -0.05) is 113 Å². The third-order valence-electron chi connectivity index (χ3n) is 6.23. The average Bonchev–Trinajstić information content (AvgIpc) is 2.83. The molecule has 0 heterocycles. The Morgan fingerprint density at radius 1 is 0.625 bits per heavy atom.